The van der Waals surface area contributed by atoms with Crippen LogP contribution >= 0.6 is 39.1 Å². The van der Waals surface area contributed by atoms with Crippen LogP contribution in [0.4, 0.5) is 0 Å². The summed E-state index contributed by atoms with van der Waals surface area (Å²) in [5.41, 5.74) is 4.43. The van der Waals surface area contributed by atoms with Gasteiger partial charge in [0, 0.05) is 20.6 Å². The number of nitrogens with zero attached hydrogens (tertiary/aromatic N) is 1. The third-order valence-corrected chi connectivity index (χ3v) is 5.19. The Labute approximate surface area is 192 Å². The zero-order valence-electron chi connectivity index (χ0n) is 15.9. The van der Waals surface area contributed by atoms with Crippen LogP contribution in [0.25, 0.3) is 0 Å². The number of methoxy groups -OCH3 is 1. The van der Waals surface area contributed by atoms with Gasteiger partial charge in [0.25, 0.3) is 5.91 Å². The lowest BCUT2D eigenvalue weighted by atomic mass is 10.2. The highest BCUT2D eigenvalue weighted by atomic mass is 79.9. The summed E-state index contributed by atoms with van der Waals surface area (Å²) < 4.78 is 12.0. The average Bonchev–Trinajstić information content (AvgIpc) is 2.73. The Kier molecular flexibility index (Phi) is 7.74. The molecule has 0 aliphatic rings. The third kappa shape index (κ3) is 5.75. The first-order chi connectivity index (χ1) is 14.5. The molecule has 5 nitrogen and oxygen atoms in total. The topological polar surface area (TPSA) is 59.9 Å². The molecular formula is C22H17BrCl2N2O3. The minimum Gasteiger partial charge on any atom is -0.493 e. The van der Waals surface area contributed by atoms with Crippen molar-refractivity contribution < 1.29 is 14.3 Å². The fraction of sp³-hybridized carbons (Fsp3) is 0.0909. The number of rotatable bonds is 7. The molecule has 3 aromatic carbocycles. The Bertz CT molecular complexity index is 1090. The van der Waals surface area contributed by atoms with E-state index in [4.69, 9.17) is 32.7 Å². The molecule has 0 bridgehead atoms. The lowest BCUT2D eigenvalue weighted by Gasteiger charge is -2.14. The lowest BCUT2D eigenvalue weighted by molar-refractivity contribution is 0.0955. The zero-order chi connectivity index (χ0) is 21.5. The van der Waals surface area contributed by atoms with Crippen molar-refractivity contribution in [3.8, 4) is 11.5 Å². The quantitative estimate of drug-likeness (QED) is 0.310. The van der Waals surface area contributed by atoms with Crippen LogP contribution in [0.2, 0.25) is 10.0 Å². The molecule has 1 N–H and O–H groups in total. The van der Waals surface area contributed by atoms with Crippen LogP contribution in [0, 0.1) is 0 Å². The summed E-state index contributed by atoms with van der Waals surface area (Å²) in [4.78, 5) is 12.2. The molecule has 0 unspecified atom stereocenters. The SMILES string of the molecule is COc1cc(/C=N\NC(=O)c2cccc(Br)c2)cc(Cl)c1OCc1ccccc1Cl. The molecule has 0 heterocycles. The molecule has 3 rings (SSSR count). The number of amides is 1. The second-order valence-electron chi connectivity index (χ2n) is 6.12. The van der Waals surface area contributed by atoms with E-state index in [9.17, 15) is 4.79 Å². The van der Waals surface area contributed by atoms with Crippen molar-refractivity contribution in [3.05, 3.63) is 91.9 Å². The number of carbonyl (C=O) groups is 1. The molecule has 154 valence electrons. The molecule has 0 spiro atoms. The standard InChI is InChI=1S/C22H17BrCl2N2O3/c1-29-20-10-14(12-26-27-22(28)15-6-4-7-17(23)11-15)9-19(25)21(20)30-13-16-5-2-3-8-18(16)24/h2-12H,13H2,1H3,(H,27,28)/b26-12-. The molecule has 0 saturated carbocycles. The molecule has 8 heteroatoms. The minimum atomic E-state index is -0.328. The first kappa shape index (κ1) is 22.2. The minimum absolute atomic E-state index is 0.242. The van der Waals surface area contributed by atoms with E-state index in [-0.39, 0.29) is 12.5 Å². The van der Waals surface area contributed by atoms with Gasteiger partial charge in [0.15, 0.2) is 11.5 Å². The van der Waals surface area contributed by atoms with Crippen LogP contribution < -0.4 is 14.9 Å². The second kappa shape index (κ2) is 10.5. The van der Waals surface area contributed by atoms with E-state index in [1.807, 2.05) is 24.3 Å². The van der Waals surface area contributed by atoms with E-state index in [2.05, 4.69) is 26.5 Å². The number of halogens is 3. The molecule has 0 radical (unpaired) electrons. The van der Waals surface area contributed by atoms with Crippen LogP contribution in [-0.2, 0) is 6.61 Å². The molecule has 30 heavy (non-hydrogen) atoms. The average molecular weight is 508 g/mol. The number of hydrogen-bond acceptors (Lipinski definition) is 4. The first-order valence-electron chi connectivity index (χ1n) is 8.80. The maximum Gasteiger partial charge on any atom is 0.271 e. The van der Waals surface area contributed by atoms with Gasteiger partial charge < -0.3 is 9.47 Å². The van der Waals surface area contributed by atoms with Crippen molar-refractivity contribution in [1.82, 2.24) is 5.43 Å². The normalized spacial score (nSPS) is 10.8. The van der Waals surface area contributed by atoms with Gasteiger partial charge in [0.2, 0.25) is 0 Å². The molecule has 0 aromatic heterocycles. The van der Waals surface area contributed by atoms with Crippen molar-refractivity contribution in [2.45, 2.75) is 6.61 Å². The molecule has 3 aromatic rings. The smallest absolute Gasteiger partial charge is 0.271 e. The fourth-order valence-electron chi connectivity index (χ4n) is 2.58. The number of benzene rings is 3. The Hall–Kier alpha value is -2.54. The van der Waals surface area contributed by atoms with Crippen molar-refractivity contribution in [3.63, 3.8) is 0 Å². The van der Waals surface area contributed by atoms with Crippen LogP contribution in [0.3, 0.4) is 0 Å². The Morgan fingerprint density at radius 1 is 1.10 bits per heavy atom. The number of hydrazone groups is 1. The first-order valence-corrected chi connectivity index (χ1v) is 10.4. The summed E-state index contributed by atoms with van der Waals surface area (Å²) in [5, 5.41) is 4.94. The van der Waals surface area contributed by atoms with E-state index in [0.29, 0.717) is 32.7 Å². The predicted octanol–water partition coefficient (Wildman–Crippen LogP) is 6.11. The monoisotopic (exact) mass is 506 g/mol. The van der Waals surface area contributed by atoms with E-state index in [1.165, 1.54) is 13.3 Å². The highest BCUT2D eigenvalue weighted by molar-refractivity contribution is 9.10. The van der Waals surface area contributed by atoms with Gasteiger partial charge in [0.05, 0.1) is 18.3 Å². The molecular weight excluding hydrogens is 491 g/mol. The maximum atomic E-state index is 12.2. The highest BCUT2D eigenvalue weighted by Crippen LogP contribution is 2.37. The van der Waals surface area contributed by atoms with Crippen LogP contribution in [0.15, 0.2) is 70.2 Å². The third-order valence-electron chi connectivity index (χ3n) is 4.05. The van der Waals surface area contributed by atoms with Crippen LogP contribution in [0.1, 0.15) is 21.5 Å². The summed E-state index contributed by atoms with van der Waals surface area (Å²) in [5.74, 6) is 0.508. The van der Waals surface area contributed by atoms with E-state index < -0.39 is 0 Å². The number of nitrogens with one attached hydrogen (secondary N) is 1. The molecule has 0 aliphatic carbocycles. The van der Waals surface area contributed by atoms with Gasteiger partial charge in [-0.1, -0.05) is 63.4 Å². The van der Waals surface area contributed by atoms with Crippen molar-refractivity contribution in [1.29, 1.82) is 0 Å². The van der Waals surface area contributed by atoms with Gasteiger partial charge in [-0.25, -0.2) is 5.43 Å². The predicted molar refractivity (Wildman–Crippen MR) is 123 cm³/mol. The molecule has 1 amide bonds. The zero-order valence-corrected chi connectivity index (χ0v) is 19.0. The molecule has 0 fully saturated rings. The lowest BCUT2D eigenvalue weighted by Crippen LogP contribution is -2.17. The number of hydrogen-bond donors (Lipinski definition) is 1. The van der Waals surface area contributed by atoms with Crippen molar-refractivity contribution in [2.75, 3.05) is 7.11 Å². The summed E-state index contributed by atoms with van der Waals surface area (Å²) in [6, 6.07) is 17.8. The Balaban J connectivity index is 1.71. The van der Waals surface area contributed by atoms with Crippen molar-refractivity contribution >= 4 is 51.3 Å². The second-order valence-corrected chi connectivity index (χ2v) is 7.85. The highest BCUT2D eigenvalue weighted by Gasteiger charge is 2.13. The van der Waals surface area contributed by atoms with Gasteiger partial charge in [0.1, 0.15) is 6.61 Å². The van der Waals surface area contributed by atoms with Crippen LogP contribution in [-0.4, -0.2) is 19.2 Å². The van der Waals surface area contributed by atoms with Crippen molar-refractivity contribution in [2.24, 2.45) is 5.10 Å². The van der Waals surface area contributed by atoms with E-state index >= 15 is 0 Å². The van der Waals surface area contributed by atoms with Gasteiger partial charge in [-0.15, -0.1) is 0 Å². The van der Waals surface area contributed by atoms with Crippen LogP contribution in [0.5, 0.6) is 11.5 Å². The molecule has 0 atom stereocenters. The largest absolute Gasteiger partial charge is 0.493 e. The number of carbonyl (C=O) groups excluding carboxylic acids is 1. The van der Waals surface area contributed by atoms with E-state index in [0.717, 1.165) is 10.0 Å². The molecule has 0 aliphatic heterocycles. The fourth-order valence-corrected chi connectivity index (χ4v) is 3.44. The summed E-state index contributed by atoms with van der Waals surface area (Å²) in [6.45, 7) is 0.242. The number of ether oxygens (including phenoxy) is 2. The van der Waals surface area contributed by atoms with Gasteiger partial charge in [-0.3, -0.25) is 4.79 Å². The summed E-state index contributed by atoms with van der Waals surface area (Å²) in [7, 11) is 1.52. The van der Waals surface area contributed by atoms with E-state index in [1.54, 1.807) is 36.4 Å². The Morgan fingerprint density at radius 2 is 1.90 bits per heavy atom. The Morgan fingerprint density at radius 3 is 2.63 bits per heavy atom. The summed E-state index contributed by atoms with van der Waals surface area (Å²) >= 11 is 15.9. The summed E-state index contributed by atoms with van der Waals surface area (Å²) in [6.07, 6.45) is 1.47. The maximum absolute atomic E-state index is 12.2. The van der Waals surface area contributed by atoms with Gasteiger partial charge in [-0.2, -0.15) is 5.10 Å². The molecule has 0 saturated heterocycles. The van der Waals surface area contributed by atoms with Gasteiger partial charge in [-0.05, 0) is 42.0 Å². The van der Waals surface area contributed by atoms with Gasteiger partial charge >= 0.3 is 0 Å².